The number of benzene rings is 1. The van der Waals surface area contributed by atoms with Gasteiger partial charge in [-0.05, 0) is 6.07 Å². The highest BCUT2D eigenvalue weighted by Gasteiger charge is 2.27. The number of halogens is 1. The quantitative estimate of drug-likeness (QED) is 0.899. The molecule has 0 radical (unpaired) electrons. The summed E-state index contributed by atoms with van der Waals surface area (Å²) in [6, 6.07) is 1.69. The fourth-order valence-corrected chi connectivity index (χ4v) is 2.16. The van der Waals surface area contributed by atoms with Gasteiger partial charge in [0.2, 0.25) is 11.6 Å². The van der Waals surface area contributed by atoms with Gasteiger partial charge in [0.25, 0.3) is 0 Å². The Morgan fingerprint density at radius 1 is 1.21 bits per heavy atom. The van der Waals surface area contributed by atoms with E-state index in [1.165, 1.54) is 21.3 Å². The summed E-state index contributed by atoms with van der Waals surface area (Å²) in [6.45, 7) is 1.96. The van der Waals surface area contributed by atoms with Gasteiger partial charge in [-0.25, -0.2) is 0 Å². The van der Waals surface area contributed by atoms with Crippen molar-refractivity contribution < 1.29 is 23.3 Å². The van der Waals surface area contributed by atoms with E-state index >= 15 is 0 Å². The highest BCUT2D eigenvalue weighted by atomic mass is 19.1. The lowest BCUT2D eigenvalue weighted by Gasteiger charge is -2.26. The van der Waals surface area contributed by atoms with Crippen molar-refractivity contribution in [1.29, 1.82) is 0 Å². The van der Waals surface area contributed by atoms with Crippen molar-refractivity contribution in [3.63, 3.8) is 0 Å². The lowest BCUT2D eigenvalue weighted by molar-refractivity contribution is 0.0257. The summed E-state index contributed by atoms with van der Waals surface area (Å²) in [4.78, 5) is 0. The third kappa shape index (κ3) is 2.59. The van der Waals surface area contributed by atoms with Crippen LogP contribution in [-0.4, -0.2) is 41.0 Å². The minimum Gasteiger partial charge on any atom is -0.493 e. The third-order valence-electron chi connectivity index (χ3n) is 3.07. The first-order valence-electron chi connectivity index (χ1n) is 6.03. The van der Waals surface area contributed by atoms with Crippen LogP contribution >= 0.6 is 0 Å². The van der Waals surface area contributed by atoms with Crippen molar-refractivity contribution in [3.05, 3.63) is 17.4 Å². The molecule has 1 aromatic carbocycles. The summed E-state index contributed by atoms with van der Waals surface area (Å²) in [5, 5.41) is 3.20. The first-order chi connectivity index (χ1) is 9.22. The molecule has 0 aromatic heterocycles. The Hall–Kier alpha value is -1.53. The predicted molar refractivity (Wildman–Crippen MR) is 67.6 cm³/mol. The van der Waals surface area contributed by atoms with Gasteiger partial charge in [0.1, 0.15) is 0 Å². The standard InChI is InChI=1S/C13H18FNO4/c1-16-9-6-8(10-7-15-4-5-19-10)12(17-2)11(14)13(9)18-3/h6,10,15H,4-5,7H2,1-3H3. The van der Waals surface area contributed by atoms with E-state index in [1.54, 1.807) is 6.07 Å². The molecule has 106 valence electrons. The number of rotatable bonds is 4. The van der Waals surface area contributed by atoms with Crippen LogP contribution in [-0.2, 0) is 4.74 Å². The number of morpholine rings is 1. The topological polar surface area (TPSA) is 49.0 Å². The number of hydrogen-bond acceptors (Lipinski definition) is 5. The lowest BCUT2D eigenvalue weighted by atomic mass is 10.1. The van der Waals surface area contributed by atoms with Crippen LogP contribution in [0.5, 0.6) is 17.2 Å². The van der Waals surface area contributed by atoms with E-state index in [2.05, 4.69) is 5.32 Å². The molecule has 5 nitrogen and oxygen atoms in total. The van der Waals surface area contributed by atoms with E-state index in [0.717, 1.165) is 6.54 Å². The fraction of sp³-hybridized carbons (Fsp3) is 0.538. The summed E-state index contributed by atoms with van der Waals surface area (Å²) >= 11 is 0. The molecule has 0 saturated carbocycles. The molecule has 0 aliphatic carbocycles. The summed E-state index contributed by atoms with van der Waals surface area (Å²) < 4.78 is 35.3. The van der Waals surface area contributed by atoms with E-state index in [1.807, 2.05) is 0 Å². The summed E-state index contributed by atoms with van der Waals surface area (Å²) in [6.07, 6.45) is -0.266. The van der Waals surface area contributed by atoms with Crippen LogP contribution in [0.3, 0.4) is 0 Å². The van der Waals surface area contributed by atoms with E-state index in [-0.39, 0.29) is 17.6 Å². The summed E-state index contributed by atoms with van der Waals surface area (Å²) in [5.41, 5.74) is 0.616. The number of methoxy groups -OCH3 is 3. The molecule has 1 aromatic rings. The second-order valence-electron chi connectivity index (χ2n) is 4.11. The van der Waals surface area contributed by atoms with Crippen LogP contribution in [0, 0.1) is 5.82 Å². The zero-order valence-electron chi connectivity index (χ0n) is 11.3. The number of nitrogens with one attached hydrogen (secondary N) is 1. The number of ether oxygens (including phenoxy) is 4. The van der Waals surface area contributed by atoms with Crippen LogP contribution < -0.4 is 19.5 Å². The maximum absolute atomic E-state index is 14.3. The smallest absolute Gasteiger partial charge is 0.211 e. The maximum Gasteiger partial charge on any atom is 0.211 e. The molecule has 0 amide bonds. The Bertz CT molecular complexity index is 447. The lowest BCUT2D eigenvalue weighted by Crippen LogP contribution is -2.33. The van der Waals surface area contributed by atoms with Crippen LogP contribution in [0.25, 0.3) is 0 Å². The van der Waals surface area contributed by atoms with Gasteiger partial charge in [-0.2, -0.15) is 4.39 Å². The van der Waals surface area contributed by atoms with E-state index in [9.17, 15) is 4.39 Å². The molecular formula is C13H18FNO4. The van der Waals surface area contributed by atoms with Gasteiger partial charge in [0, 0.05) is 18.7 Å². The van der Waals surface area contributed by atoms with Crippen molar-refractivity contribution in [2.75, 3.05) is 41.0 Å². The van der Waals surface area contributed by atoms with Gasteiger partial charge in [0.05, 0.1) is 34.0 Å². The van der Waals surface area contributed by atoms with Crippen LogP contribution in [0.2, 0.25) is 0 Å². The minimum absolute atomic E-state index is 0.0341. The molecule has 1 saturated heterocycles. The average molecular weight is 271 g/mol. The molecular weight excluding hydrogens is 253 g/mol. The van der Waals surface area contributed by atoms with Gasteiger partial charge in [-0.1, -0.05) is 0 Å². The van der Waals surface area contributed by atoms with Gasteiger partial charge in [-0.15, -0.1) is 0 Å². The Labute approximate surface area is 111 Å². The molecule has 0 spiro atoms. The molecule has 1 aliphatic rings. The van der Waals surface area contributed by atoms with E-state index in [0.29, 0.717) is 24.5 Å². The Kier molecular flexibility index (Phi) is 4.44. The van der Waals surface area contributed by atoms with Crippen LogP contribution in [0.15, 0.2) is 6.07 Å². The van der Waals surface area contributed by atoms with Crippen molar-refractivity contribution in [2.24, 2.45) is 0 Å². The molecule has 6 heteroatoms. The van der Waals surface area contributed by atoms with Crippen LogP contribution in [0.4, 0.5) is 4.39 Å². The van der Waals surface area contributed by atoms with Crippen LogP contribution in [0.1, 0.15) is 11.7 Å². The van der Waals surface area contributed by atoms with Crippen molar-refractivity contribution in [2.45, 2.75) is 6.10 Å². The largest absolute Gasteiger partial charge is 0.493 e. The predicted octanol–water partition coefficient (Wildman–Crippen LogP) is 1.51. The Morgan fingerprint density at radius 3 is 2.47 bits per heavy atom. The molecule has 0 bridgehead atoms. The molecule has 19 heavy (non-hydrogen) atoms. The molecule has 2 rings (SSSR count). The highest BCUT2D eigenvalue weighted by Crippen LogP contribution is 2.42. The van der Waals surface area contributed by atoms with Crippen molar-refractivity contribution >= 4 is 0 Å². The Balaban J connectivity index is 2.49. The second-order valence-corrected chi connectivity index (χ2v) is 4.11. The molecule has 1 heterocycles. The molecule has 1 atom stereocenters. The SMILES string of the molecule is COc1cc(C2CNCCO2)c(OC)c(F)c1OC. The summed E-state index contributed by atoms with van der Waals surface area (Å²) in [7, 11) is 4.27. The summed E-state index contributed by atoms with van der Waals surface area (Å²) in [5.74, 6) is -0.0864. The zero-order valence-corrected chi connectivity index (χ0v) is 11.3. The van der Waals surface area contributed by atoms with Gasteiger partial charge < -0.3 is 24.3 Å². The minimum atomic E-state index is -0.575. The van der Waals surface area contributed by atoms with E-state index < -0.39 is 5.82 Å². The maximum atomic E-state index is 14.3. The monoisotopic (exact) mass is 271 g/mol. The molecule has 1 aliphatic heterocycles. The highest BCUT2D eigenvalue weighted by molar-refractivity contribution is 5.53. The first-order valence-corrected chi connectivity index (χ1v) is 6.03. The zero-order chi connectivity index (χ0) is 13.8. The van der Waals surface area contributed by atoms with Gasteiger partial charge in [-0.3, -0.25) is 0 Å². The van der Waals surface area contributed by atoms with Gasteiger partial charge in [0.15, 0.2) is 11.5 Å². The molecule has 1 fully saturated rings. The normalized spacial score (nSPS) is 19.1. The van der Waals surface area contributed by atoms with Crippen molar-refractivity contribution in [1.82, 2.24) is 5.32 Å². The first kappa shape index (κ1) is 13.9. The number of hydrogen-bond donors (Lipinski definition) is 1. The van der Waals surface area contributed by atoms with Crippen molar-refractivity contribution in [3.8, 4) is 17.2 Å². The third-order valence-corrected chi connectivity index (χ3v) is 3.07. The van der Waals surface area contributed by atoms with Gasteiger partial charge >= 0.3 is 0 Å². The second kappa shape index (κ2) is 6.08. The van der Waals surface area contributed by atoms with E-state index in [4.69, 9.17) is 18.9 Å². The molecule has 1 N–H and O–H groups in total. The fourth-order valence-electron chi connectivity index (χ4n) is 2.16. The average Bonchev–Trinajstić information content (AvgIpc) is 2.47. The Morgan fingerprint density at radius 2 is 1.95 bits per heavy atom. The molecule has 1 unspecified atom stereocenters.